The molecule has 0 radical (unpaired) electrons. The smallest absolute Gasteiger partial charge is 0.243 e. The number of benzene rings is 2. The molecule has 134 valence electrons. The van der Waals surface area contributed by atoms with E-state index in [0.29, 0.717) is 23.1 Å². The van der Waals surface area contributed by atoms with Crippen molar-refractivity contribution in [3.8, 4) is 11.5 Å². The van der Waals surface area contributed by atoms with Crippen molar-refractivity contribution in [2.75, 3.05) is 20.8 Å². The van der Waals surface area contributed by atoms with E-state index in [1.807, 2.05) is 6.07 Å². The minimum absolute atomic E-state index is 0.241. The van der Waals surface area contributed by atoms with Crippen molar-refractivity contribution in [3.63, 3.8) is 0 Å². The van der Waals surface area contributed by atoms with Crippen LogP contribution in [0.5, 0.6) is 11.5 Å². The van der Waals surface area contributed by atoms with Crippen molar-refractivity contribution in [1.29, 1.82) is 0 Å². The molecule has 25 heavy (non-hydrogen) atoms. The molecule has 0 aromatic heterocycles. The van der Waals surface area contributed by atoms with Crippen molar-refractivity contribution in [2.45, 2.75) is 23.8 Å². The maximum absolute atomic E-state index is 13.1. The summed E-state index contributed by atoms with van der Waals surface area (Å²) < 4.78 is 38.5. The Morgan fingerprint density at radius 3 is 2.44 bits per heavy atom. The van der Waals surface area contributed by atoms with Gasteiger partial charge in [0, 0.05) is 17.1 Å². The average Bonchev–Trinajstić information content (AvgIpc) is 3.12. The Balaban J connectivity index is 2.02. The zero-order valence-electron chi connectivity index (χ0n) is 14.1. The summed E-state index contributed by atoms with van der Waals surface area (Å²) >= 11 is 5.88. The van der Waals surface area contributed by atoms with Gasteiger partial charge in [-0.15, -0.1) is 0 Å². The second-order valence-electron chi connectivity index (χ2n) is 5.84. The van der Waals surface area contributed by atoms with Crippen LogP contribution in [-0.4, -0.2) is 33.5 Å². The largest absolute Gasteiger partial charge is 0.497 e. The lowest BCUT2D eigenvalue weighted by molar-refractivity contribution is 0.361. The number of halogens is 1. The van der Waals surface area contributed by atoms with Gasteiger partial charge in [-0.1, -0.05) is 11.6 Å². The number of rotatable bonds is 5. The molecule has 0 spiro atoms. The first-order valence-corrected chi connectivity index (χ1v) is 9.78. The van der Waals surface area contributed by atoms with Crippen molar-refractivity contribution in [1.82, 2.24) is 4.31 Å². The van der Waals surface area contributed by atoms with Gasteiger partial charge in [-0.3, -0.25) is 0 Å². The maximum atomic E-state index is 13.1. The molecular formula is C18H20ClNO4S. The number of nitrogens with zero attached hydrogens (tertiary/aromatic N) is 1. The third-order valence-corrected chi connectivity index (χ3v) is 6.59. The summed E-state index contributed by atoms with van der Waals surface area (Å²) in [6, 6.07) is 11.4. The van der Waals surface area contributed by atoms with Gasteiger partial charge in [0.15, 0.2) is 0 Å². The number of hydrogen-bond acceptors (Lipinski definition) is 4. The van der Waals surface area contributed by atoms with E-state index in [-0.39, 0.29) is 10.9 Å². The zero-order valence-corrected chi connectivity index (χ0v) is 15.7. The lowest BCUT2D eigenvalue weighted by Crippen LogP contribution is -2.30. The zero-order chi connectivity index (χ0) is 18.0. The standard InChI is InChI=1S/C18H20ClNO4S/c1-23-14-7-10-18(24-2)16(12-14)17-4-3-11-20(17)25(21,22)15-8-5-13(19)6-9-15/h5-10,12,17H,3-4,11H2,1-2H3/t17-/m0/s1. The van der Waals surface area contributed by atoms with Gasteiger partial charge in [0.25, 0.3) is 0 Å². The van der Waals surface area contributed by atoms with Gasteiger partial charge >= 0.3 is 0 Å². The lowest BCUT2D eigenvalue weighted by atomic mass is 10.0. The molecule has 2 aromatic carbocycles. The molecule has 0 aliphatic carbocycles. The summed E-state index contributed by atoms with van der Waals surface area (Å²) in [4.78, 5) is 0.241. The van der Waals surface area contributed by atoms with E-state index in [1.165, 1.54) is 16.4 Å². The summed E-state index contributed by atoms with van der Waals surface area (Å²) in [7, 11) is -0.452. The fourth-order valence-corrected chi connectivity index (χ4v) is 4.98. The van der Waals surface area contributed by atoms with E-state index in [4.69, 9.17) is 21.1 Å². The fraction of sp³-hybridized carbons (Fsp3) is 0.333. The summed E-state index contributed by atoms with van der Waals surface area (Å²) in [5.74, 6) is 1.33. The Labute approximate surface area is 153 Å². The Hall–Kier alpha value is -1.76. The third-order valence-electron chi connectivity index (χ3n) is 4.42. The van der Waals surface area contributed by atoms with E-state index >= 15 is 0 Å². The van der Waals surface area contributed by atoms with Crippen LogP contribution in [0.1, 0.15) is 24.4 Å². The predicted octanol–water partition coefficient (Wildman–Crippen LogP) is 3.88. The molecule has 0 N–H and O–H groups in total. The van der Waals surface area contributed by atoms with Gasteiger partial charge in [-0.05, 0) is 55.3 Å². The van der Waals surface area contributed by atoms with E-state index in [9.17, 15) is 8.42 Å². The molecule has 0 saturated carbocycles. The highest BCUT2D eigenvalue weighted by molar-refractivity contribution is 7.89. The molecule has 2 aromatic rings. The summed E-state index contributed by atoms with van der Waals surface area (Å²) in [6.45, 7) is 0.468. The van der Waals surface area contributed by atoms with Crippen LogP contribution in [0.3, 0.4) is 0 Å². The molecule has 1 atom stereocenters. The van der Waals surface area contributed by atoms with Gasteiger partial charge in [0.2, 0.25) is 10.0 Å². The normalized spacial score (nSPS) is 18.3. The van der Waals surface area contributed by atoms with Crippen LogP contribution >= 0.6 is 11.6 Å². The topological polar surface area (TPSA) is 55.8 Å². The highest BCUT2D eigenvalue weighted by atomic mass is 35.5. The number of ether oxygens (including phenoxy) is 2. The molecule has 5 nitrogen and oxygen atoms in total. The van der Waals surface area contributed by atoms with Crippen molar-refractivity contribution < 1.29 is 17.9 Å². The summed E-state index contributed by atoms with van der Waals surface area (Å²) in [6.07, 6.45) is 1.52. The van der Waals surface area contributed by atoms with Crippen molar-refractivity contribution >= 4 is 21.6 Å². The monoisotopic (exact) mass is 381 g/mol. The van der Waals surface area contributed by atoms with Crippen LogP contribution in [-0.2, 0) is 10.0 Å². The molecule has 1 aliphatic heterocycles. The second-order valence-corrected chi connectivity index (χ2v) is 8.16. The quantitative estimate of drug-likeness (QED) is 0.788. The Morgan fingerprint density at radius 1 is 1.08 bits per heavy atom. The van der Waals surface area contributed by atoms with E-state index in [1.54, 1.807) is 38.5 Å². The van der Waals surface area contributed by atoms with Gasteiger partial charge in [0.05, 0.1) is 25.2 Å². The second kappa shape index (κ2) is 7.23. The first kappa shape index (κ1) is 18.0. The highest BCUT2D eigenvalue weighted by Gasteiger charge is 2.37. The van der Waals surface area contributed by atoms with E-state index < -0.39 is 10.0 Å². The Bertz CT molecular complexity index is 852. The van der Waals surface area contributed by atoms with E-state index in [0.717, 1.165) is 18.4 Å². The summed E-state index contributed by atoms with van der Waals surface area (Å²) in [5, 5.41) is 0.506. The van der Waals surface area contributed by atoms with Crippen LogP contribution in [0.25, 0.3) is 0 Å². The molecule has 0 bridgehead atoms. The van der Waals surface area contributed by atoms with Gasteiger partial charge < -0.3 is 9.47 Å². The van der Waals surface area contributed by atoms with Gasteiger partial charge in [0.1, 0.15) is 11.5 Å². The summed E-state index contributed by atoms with van der Waals surface area (Å²) in [5.41, 5.74) is 0.817. The molecule has 0 amide bonds. The maximum Gasteiger partial charge on any atom is 0.243 e. The Kier molecular flexibility index (Phi) is 5.22. The molecular weight excluding hydrogens is 362 g/mol. The predicted molar refractivity (Wildman–Crippen MR) is 96.9 cm³/mol. The highest BCUT2D eigenvalue weighted by Crippen LogP contribution is 2.41. The van der Waals surface area contributed by atoms with Crippen LogP contribution in [0, 0.1) is 0 Å². The minimum Gasteiger partial charge on any atom is -0.497 e. The molecule has 1 saturated heterocycles. The van der Waals surface area contributed by atoms with Crippen molar-refractivity contribution in [2.24, 2.45) is 0 Å². The molecule has 3 rings (SSSR count). The number of hydrogen-bond donors (Lipinski definition) is 0. The number of methoxy groups -OCH3 is 2. The first-order chi connectivity index (χ1) is 12.0. The molecule has 1 heterocycles. The van der Waals surface area contributed by atoms with Crippen LogP contribution in [0.15, 0.2) is 47.4 Å². The molecule has 1 fully saturated rings. The Morgan fingerprint density at radius 2 is 1.80 bits per heavy atom. The van der Waals surface area contributed by atoms with Gasteiger partial charge in [-0.2, -0.15) is 4.31 Å². The van der Waals surface area contributed by atoms with Gasteiger partial charge in [-0.25, -0.2) is 8.42 Å². The minimum atomic E-state index is -3.62. The average molecular weight is 382 g/mol. The molecule has 1 aliphatic rings. The first-order valence-electron chi connectivity index (χ1n) is 7.96. The van der Waals surface area contributed by atoms with Crippen LogP contribution in [0.2, 0.25) is 5.02 Å². The molecule has 7 heteroatoms. The lowest BCUT2D eigenvalue weighted by Gasteiger charge is -2.26. The van der Waals surface area contributed by atoms with Crippen LogP contribution < -0.4 is 9.47 Å². The number of sulfonamides is 1. The van der Waals surface area contributed by atoms with Crippen molar-refractivity contribution in [3.05, 3.63) is 53.1 Å². The SMILES string of the molecule is COc1ccc(OC)c([C@@H]2CCCN2S(=O)(=O)c2ccc(Cl)cc2)c1. The fourth-order valence-electron chi connectivity index (χ4n) is 3.18. The third kappa shape index (κ3) is 3.47. The van der Waals surface area contributed by atoms with Crippen LogP contribution in [0.4, 0.5) is 0 Å². The van der Waals surface area contributed by atoms with E-state index in [2.05, 4.69) is 0 Å². The molecule has 0 unspecified atom stereocenters.